The van der Waals surface area contributed by atoms with Gasteiger partial charge in [-0.15, -0.1) is 0 Å². The molecule has 1 aromatic carbocycles. The van der Waals surface area contributed by atoms with E-state index in [1.165, 1.54) is 0 Å². The van der Waals surface area contributed by atoms with E-state index >= 15 is 0 Å². The molecule has 1 aromatic heterocycles. The molecule has 2 atom stereocenters. The van der Waals surface area contributed by atoms with Gasteiger partial charge in [0.05, 0.1) is 23.4 Å². The highest BCUT2D eigenvalue weighted by Gasteiger charge is 2.24. The van der Waals surface area contributed by atoms with Crippen molar-refractivity contribution in [2.24, 2.45) is 5.92 Å². The van der Waals surface area contributed by atoms with Crippen LogP contribution in [-0.4, -0.2) is 34.5 Å². The van der Waals surface area contributed by atoms with Gasteiger partial charge in [0.15, 0.2) is 5.82 Å². The maximum Gasteiger partial charge on any atom is 0.310 e. The number of nitrogens with zero attached hydrogens (tertiary/aromatic N) is 1. The van der Waals surface area contributed by atoms with E-state index in [2.05, 4.69) is 15.3 Å². The van der Waals surface area contributed by atoms with Crippen LogP contribution in [-0.2, 0) is 9.53 Å². The van der Waals surface area contributed by atoms with Crippen LogP contribution in [0.1, 0.15) is 31.4 Å². The molecule has 0 unspecified atom stereocenters. The number of hydrogen-bond acceptors (Lipinski definition) is 5. The molecule has 0 aliphatic carbocycles. The number of ether oxygens (including phenoxy) is 1. The molecule has 2 N–H and O–H groups in total. The summed E-state index contributed by atoms with van der Waals surface area (Å²) in [6.07, 6.45) is 0. The third-order valence-corrected chi connectivity index (χ3v) is 3.60. The van der Waals surface area contributed by atoms with Crippen molar-refractivity contribution in [1.82, 2.24) is 15.3 Å². The summed E-state index contributed by atoms with van der Waals surface area (Å²) in [7, 11) is 0. The Morgan fingerprint density at radius 3 is 2.70 bits per heavy atom. The molecular formula is C16H19N3O4. The molecule has 7 heteroatoms. The molecule has 0 saturated carbocycles. The third kappa shape index (κ3) is 3.74. The topological polar surface area (TPSA) is 101 Å². The molecule has 0 radical (unpaired) electrons. The highest BCUT2D eigenvalue weighted by Crippen LogP contribution is 2.08. The Morgan fingerprint density at radius 1 is 1.30 bits per heavy atom. The van der Waals surface area contributed by atoms with Crippen molar-refractivity contribution in [3.05, 3.63) is 40.4 Å². The second-order valence-corrected chi connectivity index (χ2v) is 5.23. The Balaban J connectivity index is 2.18. The number of H-pyrrole nitrogens is 1. The first kappa shape index (κ1) is 16.7. The molecule has 0 fully saturated rings. The normalized spacial score (nSPS) is 13.3. The summed E-state index contributed by atoms with van der Waals surface area (Å²) >= 11 is 0. The molecule has 23 heavy (non-hydrogen) atoms. The number of carbonyl (C=O) groups is 2. The number of nitrogens with one attached hydrogen (secondary N) is 2. The van der Waals surface area contributed by atoms with E-state index in [0.717, 1.165) is 0 Å². The Hall–Kier alpha value is -2.70. The lowest BCUT2D eigenvalue weighted by molar-refractivity contribution is -0.148. The zero-order chi connectivity index (χ0) is 17.0. The van der Waals surface area contributed by atoms with Gasteiger partial charge in [0.2, 0.25) is 0 Å². The van der Waals surface area contributed by atoms with E-state index in [4.69, 9.17) is 4.74 Å². The minimum Gasteiger partial charge on any atom is -0.466 e. The maximum absolute atomic E-state index is 12.2. The minimum absolute atomic E-state index is 0.0865. The van der Waals surface area contributed by atoms with Crippen molar-refractivity contribution < 1.29 is 14.3 Å². The lowest BCUT2D eigenvalue weighted by Gasteiger charge is -2.19. The lowest BCUT2D eigenvalue weighted by atomic mass is 10.0. The summed E-state index contributed by atoms with van der Waals surface area (Å²) in [5, 5.41) is 3.07. The zero-order valence-electron chi connectivity index (χ0n) is 13.3. The molecule has 2 aromatic rings. The van der Waals surface area contributed by atoms with Crippen molar-refractivity contribution in [2.75, 3.05) is 6.61 Å². The molecule has 0 aliphatic rings. The largest absolute Gasteiger partial charge is 0.466 e. The van der Waals surface area contributed by atoms with Crippen molar-refractivity contribution in [3.8, 4) is 0 Å². The SMILES string of the molecule is CCOC(=O)[C@@H](C)[C@H](C)NC(=O)c1nc2ccccc2c(=O)[nH]1. The van der Waals surface area contributed by atoms with Gasteiger partial charge in [-0.3, -0.25) is 14.4 Å². The number of carbonyl (C=O) groups excluding carboxylic acids is 2. The number of rotatable bonds is 5. The molecule has 1 heterocycles. The summed E-state index contributed by atoms with van der Waals surface area (Å²) in [6.45, 7) is 5.36. The zero-order valence-corrected chi connectivity index (χ0v) is 13.3. The first-order valence-corrected chi connectivity index (χ1v) is 7.40. The van der Waals surface area contributed by atoms with E-state index in [0.29, 0.717) is 10.9 Å². The predicted octanol–water partition coefficient (Wildman–Crippen LogP) is 1.24. The Labute approximate surface area is 133 Å². The van der Waals surface area contributed by atoms with Crippen molar-refractivity contribution in [2.45, 2.75) is 26.8 Å². The Bertz CT molecular complexity index is 784. The van der Waals surface area contributed by atoms with Gasteiger partial charge in [-0.25, -0.2) is 4.98 Å². The summed E-state index contributed by atoms with van der Waals surface area (Å²) in [5.74, 6) is -1.53. The monoisotopic (exact) mass is 317 g/mol. The van der Waals surface area contributed by atoms with E-state index < -0.39 is 17.9 Å². The van der Waals surface area contributed by atoms with Gasteiger partial charge in [-0.1, -0.05) is 12.1 Å². The minimum atomic E-state index is -0.545. The van der Waals surface area contributed by atoms with Crippen LogP contribution in [0.15, 0.2) is 29.1 Å². The smallest absolute Gasteiger partial charge is 0.310 e. The van der Waals surface area contributed by atoms with Crippen molar-refractivity contribution in [3.63, 3.8) is 0 Å². The summed E-state index contributed by atoms with van der Waals surface area (Å²) in [4.78, 5) is 42.5. The van der Waals surface area contributed by atoms with Crippen LogP contribution >= 0.6 is 0 Å². The number of benzene rings is 1. The molecular weight excluding hydrogens is 298 g/mol. The van der Waals surface area contributed by atoms with Crippen LogP contribution in [0.5, 0.6) is 0 Å². The molecule has 122 valence electrons. The van der Waals surface area contributed by atoms with Gasteiger partial charge in [0.25, 0.3) is 11.5 Å². The van der Waals surface area contributed by atoms with Gasteiger partial charge < -0.3 is 15.0 Å². The number of hydrogen-bond donors (Lipinski definition) is 2. The first-order valence-electron chi connectivity index (χ1n) is 7.40. The maximum atomic E-state index is 12.2. The Morgan fingerprint density at radius 2 is 2.00 bits per heavy atom. The van der Waals surface area contributed by atoms with Gasteiger partial charge in [0, 0.05) is 6.04 Å². The van der Waals surface area contributed by atoms with E-state index in [1.807, 2.05) is 0 Å². The number of esters is 1. The number of aromatic amines is 1. The lowest BCUT2D eigenvalue weighted by Crippen LogP contribution is -2.41. The van der Waals surface area contributed by atoms with E-state index in [9.17, 15) is 14.4 Å². The van der Waals surface area contributed by atoms with E-state index in [1.54, 1.807) is 45.0 Å². The van der Waals surface area contributed by atoms with Crippen LogP contribution in [0.2, 0.25) is 0 Å². The standard InChI is InChI=1S/C16H19N3O4/c1-4-23-16(22)9(2)10(3)17-15(21)13-18-12-8-6-5-7-11(12)14(20)19-13/h5-10H,4H2,1-3H3,(H,17,21)(H,18,19,20)/t9-,10-/m0/s1. The third-order valence-electron chi connectivity index (χ3n) is 3.60. The number of fused-ring (bicyclic) bond motifs is 1. The average molecular weight is 317 g/mol. The van der Waals surface area contributed by atoms with Crippen LogP contribution < -0.4 is 10.9 Å². The fraction of sp³-hybridized carbons (Fsp3) is 0.375. The molecule has 0 spiro atoms. The van der Waals surface area contributed by atoms with Crippen molar-refractivity contribution in [1.29, 1.82) is 0 Å². The van der Waals surface area contributed by atoms with Crippen LogP contribution in [0.4, 0.5) is 0 Å². The molecule has 0 bridgehead atoms. The fourth-order valence-corrected chi connectivity index (χ4v) is 2.07. The quantitative estimate of drug-likeness (QED) is 0.808. The molecule has 0 aliphatic heterocycles. The van der Waals surface area contributed by atoms with Gasteiger partial charge >= 0.3 is 5.97 Å². The number of para-hydroxylation sites is 1. The summed E-state index contributed by atoms with van der Waals surface area (Å²) in [6, 6.07) is 6.29. The molecule has 1 amide bonds. The second-order valence-electron chi connectivity index (χ2n) is 5.23. The number of aromatic nitrogens is 2. The first-order chi connectivity index (χ1) is 10.9. The van der Waals surface area contributed by atoms with Crippen LogP contribution in [0.3, 0.4) is 0 Å². The average Bonchev–Trinajstić information content (AvgIpc) is 2.54. The summed E-state index contributed by atoms with van der Waals surface area (Å²) in [5.41, 5.74) is 0.0549. The fourth-order valence-electron chi connectivity index (χ4n) is 2.07. The van der Waals surface area contributed by atoms with Crippen LogP contribution in [0, 0.1) is 5.92 Å². The predicted molar refractivity (Wildman–Crippen MR) is 85.1 cm³/mol. The second kappa shape index (κ2) is 7.04. The highest BCUT2D eigenvalue weighted by molar-refractivity contribution is 5.93. The molecule has 7 nitrogen and oxygen atoms in total. The van der Waals surface area contributed by atoms with Gasteiger partial charge in [-0.2, -0.15) is 0 Å². The van der Waals surface area contributed by atoms with Gasteiger partial charge in [0.1, 0.15) is 0 Å². The van der Waals surface area contributed by atoms with E-state index in [-0.39, 0.29) is 24.0 Å². The van der Waals surface area contributed by atoms with Gasteiger partial charge in [-0.05, 0) is 32.9 Å². The van der Waals surface area contributed by atoms with Crippen LogP contribution in [0.25, 0.3) is 10.9 Å². The number of amides is 1. The molecule has 0 saturated heterocycles. The molecule has 2 rings (SSSR count). The highest BCUT2D eigenvalue weighted by atomic mass is 16.5. The Kier molecular flexibility index (Phi) is 5.10. The van der Waals surface area contributed by atoms with Crippen molar-refractivity contribution >= 4 is 22.8 Å². The summed E-state index contributed by atoms with van der Waals surface area (Å²) < 4.78 is 4.93.